The Balaban J connectivity index is 1.63. The van der Waals surface area contributed by atoms with E-state index in [1.54, 1.807) is 6.33 Å². The lowest BCUT2D eigenvalue weighted by Gasteiger charge is -2.13. The number of para-hydroxylation sites is 2. The molecule has 2 aromatic carbocycles. The molecule has 0 unspecified atom stereocenters. The fourth-order valence-electron chi connectivity index (χ4n) is 2.50. The van der Waals surface area contributed by atoms with Gasteiger partial charge in [0.15, 0.2) is 0 Å². The average Bonchev–Trinajstić information content (AvgIpc) is 2.54. The molecule has 0 atom stereocenters. The summed E-state index contributed by atoms with van der Waals surface area (Å²) in [5.41, 5.74) is 3.26. The van der Waals surface area contributed by atoms with Crippen molar-refractivity contribution >= 4 is 16.7 Å². The van der Waals surface area contributed by atoms with Crippen LogP contribution in [-0.4, -0.2) is 23.1 Å². The number of benzene rings is 2. The largest absolute Gasteiger partial charge is 0.491 e. The van der Waals surface area contributed by atoms with Crippen molar-refractivity contribution in [3.05, 3.63) is 59.9 Å². The lowest BCUT2D eigenvalue weighted by molar-refractivity contribution is 0.328. The van der Waals surface area contributed by atoms with Crippen LogP contribution in [0.4, 0.5) is 5.82 Å². The van der Waals surface area contributed by atoms with Crippen molar-refractivity contribution in [1.29, 1.82) is 0 Å². The number of rotatable bonds is 5. The molecule has 0 spiro atoms. The summed E-state index contributed by atoms with van der Waals surface area (Å²) in [4.78, 5) is 8.57. The summed E-state index contributed by atoms with van der Waals surface area (Å²) >= 11 is 0. The van der Waals surface area contributed by atoms with E-state index in [4.69, 9.17) is 4.74 Å². The molecule has 1 aromatic heterocycles. The molecule has 0 amide bonds. The molecule has 22 heavy (non-hydrogen) atoms. The smallest absolute Gasteiger partial charge is 0.137 e. The van der Waals surface area contributed by atoms with Gasteiger partial charge in [-0.15, -0.1) is 0 Å². The Morgan fingerprint density at radius 2 is 1.73 bits per heavy atom. The number of fused-ring (bicyclic) bond motifs is 1. The van der Waals surface area contributed by atoms with Crippen LogP contribution in [-0.2, 0) is 0 Å². The van der Waals surface area contributed by atoms with Gasteiger partial charge < -0.3 is 10.1 Å². The van der Waals surface area contributed by atoms with Crippen LogP contribution in [0.3, 0.4) is 0 Å². The Labute approximate surface area is 130 Å². The summed E-state index contributed by atoms with van der Waals surface area (Å²) in [6.07, 6.45) is 1.58. The number of aryl methyl sites for hydroxylation is 2. The highest BCUT2D eigenvalue weighted by Gasteiger charge is 2.04. The molecule has 112 valence electrons. The Morgan fingerprint density at radius 3 is 2.55 bits per heavy atom. The maximum atomic E-state index is 5.90. The second-order valence-electron chi connectivity index (χ2n) is 5.24. The zero-order chi connectivity index (χ0) is 15.4. The number of hydrogen-bond donors (Lipinski definition) is 1. The van der Waals surface area contributed by atoms with Crippen molar-refractivity contribution < 1.29 is 4.74 Å². The van der Waals surface area contributed by atoms with Gasteiger partial charge in [0.2, 0.25) is 0 Å². The highest BCUT2D eigenvalue weighted by atomic mass is 16.5. The topological polar surface area (TPSA) is 47.0 Å². The first-order valence-electron chi connectivity index (χ1n) is 7.38. The van der Waals surface area contributed by atoms with E-state index in [-0.39, 0.29) is 0 Å². The van der Waals surface area contributed by atoms with Crippen LogP contribution < -0.4 is 10.1 Å². The standard InChI is InChI=1S/C18H19N3O/c1-13-6-5-7-14(2)17(13)22-11-10-19-18-15-8-3-4-9-16(15)20-12-21-18/h3-9,12H,10-11H2,1-2H3,(H,19,20,21). The molecule has 4 heteroatoms. The van der Waals surface area contributed by atoms with Crippen LogP contribution in [0.15, 0.2) is 48.8 Å². The predicted octanol–water partition coefficient (Wildman–Crippen LogP) is 3.74. The van der Waals surface area contributed by atoms with E-state index in [1.165, 1.54) is 0 Å². The van der Waals surface area contributed by atoms with Crippen LogP contribution in [0.25, 0.3) is 10.9 Å². The monoisotopic (exact) mass is 293 g/mol. The van der Waals surface area contributed by atoms with Gasteiger partial charge in [-0.3, -0.25) is 0 Å². The molecule has 4 nitrogen and oxygen atoms in total. The minimum absolute atomic E-state index is 0.587. The van der Waals surface area contributed by atoms with Crippen molar-refractivity contribution in [2.45, 2.75) is 13.8 Å². The molecule has 0 radical (unpaired) electrons. The number of nitrogens with zero attached hydrogens (tertiary/aromatic N) is 2. The third-order valence-corrected chi connectivity index (χ3v) is 3.59. The molecule has 0 aliphatic heterocycles. The second kappa shape index (κ2) is 6.43. The van der Waals surface area contributed by atoms with Crippen LogP contribution in [0.5, 0.6) is 5.75 Å². The molecule has 0 saturated heterocycles. The molecule has 3 rings (SSSR count). The van der Waals surface area contributed by atoms with E-state index in [9.17, 15) is 0 Å². The minimum Gasteiger partial charge on any atom is -0.491 e. The second-order valence-corrected chi connectivity index (χ2v) is 5.24. The molecule has 1 heterocycles. The molecule has 0 aliphatic rings. The van der Waals surface area contributed by atoms with E-state index in [2.05, 4.69) is 41.3 Å². The highest BCUT2D eigenvalue weighted by Crippen LogP contribution is 2.22. The van der Waals surface area contributed by atoms with E-state index in [0.29, 0.717) is 13.2 Å². The van der Waals surface area contributed by atoms with Gasteiger partial charge in [-0.2, -0.15) is 0 Å². The number of ether oxygens (including phenoxy) is 1. The SMILES string of the molecule is Cc1cccc(C)c1OCCNc1ncnc2ccccc12. The quantitative estimate of drug-likeness (QED) is 0.728. The lowest BCUT2D eigenvalue weighted by Crippen LogP contribution is -2.13. The Bertz CT molecular complexity index is 761. The Hall–Kier alpha value is -2.62. The Morgan fingerprint density at radius 1 is 0.955 bits per heavy atom. The molecule has 0 bridgehead atoms. The number of aromatic nitrogens is 2. The molecule has 1 N–H and O–H groups in total. The normalized spacial score (nSPS) is 10.6. The zero-order valence-electron chi connectivity index (χ0n) is 12.8. The summed E-state index contributed by atoms with van der Waals surface area (Å²) in [6, 6.07) is 14.1. The molecule has 3 aromatic rings. The number of hydrogen-bond acceptors (Lipinski definition) is 4. The maximum Gasteiger partial charge on any atom is 0.137 e. The van der Waals surface area contributed by atoms with Crippen LogP contribution in [0.2, 0.25) is 0 Å². The van der Waals surface area contributed by atoms with Crippen LogP contribution in [0, 0.1) is 13.8 Å². The van der Waals surface area contributed by atoms with Crippen molar-refractivity contribution in [3.63, 3.8) is 0 Å². The van der Waals surface area contributed by atoms with Gasteiger partial charge in [-0.1, -0.05) is 30.3 Å². The summed E-state index contributed by atoms with van der Waals surface area (Å²) < 4.78 is 5.90. The van der Waals surface area contributed by atoms with Crippen LogP contribution >= 0.6 is 0 Å². The Kier molecular flexibility index (Phi) is 4.19. The fourth-order valence-corrected chi connectivity index (χ4v) is 2.50. The van der Waals surface area contributed by atoms with Crippen molar-refractivity contribution in [2.24, 2.45) is 0 Å². The predicted molar refractivity (Wildman–Crippen MR) is 89.4 cm³/mol. The number of anilines is 1. The first kappa shape index (κ1) is 14.3. The molecular formula is C18H19N3O. The summed E-state index contributed by atoms with van der Waals surface area (Å²) in [5, 5.41) is 4.35. The van der Waals surface area contributed by atoms with Gasteiger partial charge >= 0.3 is 0 Å². The molecule has 0 saturated carbocycles. The van der Waals surface area contributed by atoms with E-state index in [1.807, 2.05) is 30.3 Å². The molecule has 0 aliphatic carbocycles. The maximum absolute atomic E-state index is 5.90. The van der Waals surface area contributed by atoms with Crippen molar-refractivity contribution in [2.75, 3.05) is 18.5 Å². The fraction of sp³-hybridized carbons (Fsp3) is 0.222. The molecular weight excluding hydrogens is 274 g/mol. The summed E-state index contributed by atoms with van der Waals surface area (Å²) in [5.74, 6) is 1.81. The van der Waals surface area contributed by atoms with Crippen molar-refractivity contribution in [3.8, 4) is 5.75 Å². The van der Waals surface area contributed by atoms with E-state index in [0.717, 1.165) is 33.6 Å². The van der Waals surface area contributed by atoms with Gasteiger partial charge in [0.05, 0.1) is 12.1 Å². The van der Waals surface area contributed by atoms with Gasteiger partial charge in [0.25, 0.3) is 0 Å². The zero-order valence-corrected chi connectivity index (χ0v) is 12.8. The van der Waals surface area contributed by atoms with E-state index >= 15 is 0 Å². The van der Waals surface area contributed by atoms with Gasteiger partial charge in [-0.25, -0.2) is 9.97 Å². The lowest BCUT2D eigenvalue weighted by atomic mass is 10.1. The van der Waals surface area contributed by atoms with Gasteiger partial charge in [-0.05, 0) is 37.1 Å². The van der Waals surface area contributed by atoms with E-state index < -0.39 is 0 Å². The third kappa shape index (κ3) is 3.01. The summed E-state index contributed by atoms with van der Waals surface area (Å²) in [7, 11) is 0. The number of nitrogens with one attached hydrogen (secondary N) is 1. The third-order valence-electron chi connectivity index (χ3n) is 3.59. The summed E-state index contributed by atoms with van der Waals surface area (Å²) in [6.45, 7) is 5.40. The van der Waals surface area contributed by atoms with Gasteiger partial charge in [0.1, 0.15) is 24.5 Å². The minimum atomic E-state index is 0.587. The molecule has 0 fully saturated rings. The van der Waals surface area contributed by atoms with Gasteiger partial charge in [0, 0.05) is 5.39 Å². The van der Waals surface area contributed by atoms with Crippen LogP contribution in [0.1, 0.15) is 11.1 Å². The highest BCUT2D eigenvalue weighted by molar-refractivity contribution is 5.88. The van der Waals surface area contributed by atoms with Crippen molar-refractivity contribution in [1.82, 2.24) is 9.97 Å². The first-order valence-corrected chi connectivity index (χ1v) is 7.38. The first-order chi connectivity index (χ1) is 10.8. The average molecular weight is 293 g/mol.